The second-order valence-electron chi connectivity index (χ2n) is 4.68. The highest BCUT2D eigenvalue weighted by molar-refractivity contribution is 5.70. The van der Waals surface area contributed by atoms with Crippen molar-refractivity contribution in [2.45, 2.75) is 25.9 Å². The summed E-state index contributed by atoms with van der Waals surface area (Å²) in [5.41, 5.74) is 1.91. The van der Waals surface area contributed by atoms with Crippen LogP contribution in [0.3, 0.4) is 0 Å². The quantitative estimate of drug-likeness (QED) is 0.784. The van der Waals surface area contributed by atoms with Crippen LogP contribution in [0.15, 0.2) is 24.3 Å². The van der Waals surface area contributed by atoms with E-state index in [1.807, 2.05) is 31.2 Å². The van der Waals surface area contributed by atoms with Gasteiger partial charge in [-0.15, -0.1) is 0 Å². The van der Waals surface area contributed by atoms with E-state index >= 15 is 0 Å². The van der Waals surface area contributed by atoms with Gasteiger partial charge >= 0.3 is 12.1 Å². The number of hydrogen-bond acceptors (Lipinski definition) is 2. The lowest BCUT2D eigenvalue weighted by Gasteiger charge is -2.13. The van der Waals surface area contributed by atoms with Crippen LogP contribution in [0, 0.1) is 12.8 Å². The monoisotopic (exact) mass is 290 g/mol. The molecule has 1 rings (SSSR count). The first-order valence-corrected chi connectivity index (χ1v) is 6.21. The van der Waals surface area contributed by atoms with E-state index in [-0.39, 0.29) is 19.4 Å². The lowest BCUT2D eigenvalue weighted by Crippen LogP contribution is -2.22. The fourth-order valence-electron chi connectivity index (χ4n) is 1.74. The molecule has 6 heteroatoms. The molecule has 112 valence electrons. The lowest BCUT2D eigenvalue weighted by atomic mass is 9.96. The van der Waals surface area contributed by atoms with Gasteiger partial charge in [0, 0.05) is 6.61 Å². The summed E-state index contributed by atoms with van der Waals surface area (Å²) in [4.78, 5) is 11.1. The van der Waals surface area contributed by atoms with E-state index in [2.05, 4.69) is 4.74 Å². The fraction of sp³-hybridized carbons (Fsp3) is 0.500. The van der Waals surface area contributed by atoms with E-state index in [0.717, 1.165) is 11.1 Å². The molecule has 0 aliphatic rings. The maximum Gasteiger partial charge on any atom is 0.411 e. The number of hydrogen-bond donors (Lipinski definition) is 1. The van der Waals surface area contributed by atoms with Crippen LogP contribution in [0.1, 0.15) is 17.5 Å². The van der Waals surface area contributed by atoms with Gasteiger partial charge in [0.25, 0.3) is 0 Å². The number of halogens is 3. The average Bonchev–Trinajstić information content (AvgIpc) is 2.34. The van der Waals surface area contributed by atoms with Gasteiger partial charge in [-0.25, -0.2) is 0 Å². The van der Waals surface area contributed by atoms with Crippen LogP contribution < -0.4 is 0 Å². The Bertz CT molecular complexity index is 426. The van der Waals surface area contributed by atoms with Crippen molar-refractivity contribution in [3.05, 3.63) is 35.4 Å². The summed E-state index contributed by atoms with van der Waals surface area (Å²) in [6.07, 6.45) is -4.04. The van der Waals surface area contributed by atoms with Crippen molar-refractivity contribution in [3.63, 3.8) is 0 Å². The van der Waals surface area contributed by atoms with Crippen molar-refractivity contribution in [1.29, 1.82) is 0 Å². The molecule has 0 aliphatic carbocycles. The molecule has 1 unspecified atom stereocenters. The molecule has 0 fully saturated rings. The highest BCUT2D eigenvalue weighted by Gasteiger charge is 2.27. The van der Waals surface area contributed by atoms with Gasteiger partial charge in [-0.1, -0.05) is 29.8 Å². The minimum Gasteiger partial charge on any atom is -0.481 e. The van der Waals surface area contributed by atoms with Gasteiger partial charge in [-0.05, 0) is 25.3 Å². The second-order valence-corrected chi connectivity index (χ2v) is 4.68. The van der Waals surface area contributed by atoms with Gasteiger partial charge in [-0.2, -0.15) is 13.2 Å². The molecule has 0 amide bonds. The maximum absolute atomic E-state index is 11.9. The van der Waals surface area contributed by atoms with E-state index in [1.165, 1.54) is 0 Å². The molecular weight excluding hydrogens is 273 g/mol. The number of aryl methyl sites for hydroxylation is 1. The number of alkyl halides is 3. The van der Waals surface area contributed by atoms with Crippen LogP contribution in [0.4, 0.5) is 13.2 Å². The van der Waals surface area contributed by atoms with Crippen LogP contribution in [-0.4, -0.2) is 30.5 Å². The van der Waals surface area contributed by atoms with Gasteiger partial charge in [0.05, 0.1) is 5.92 Å². The molecule has 20 heavy (non-hydrogen) atoms. The third kappa shape index (κ3) is 6.56. The Morgan fingerprint density at radius 3 is 2.40 bits per heavy atom. The van der Waals surface area contributed by atoms with Crippen LogP contribution in [-0.2, 0) is 16.0 Å². The Hall–Kier alpha value is -1.56. The number of benzene rings is 1. The Morgan fingerprint density at radius 2 is 1.90 bits per heavy atom. The molecule has 1 atom stereocenters. The molecule has 0 aliphatic heterocycles. The summed E-state index contributed by atoms with van der Waals surface area (Å²) >= 11 is 0. The summed E-state index contributed by atoms with van der Waals surface area (Å²) in [5, 5.41) is 9.07. The Morgan fingerprint density at radius 1 is 1.30 bits per heavy atom. The summed E-state index contributed by atoms with van der Waals surface area (Å²) in [6, 6.07) is 7.38. The number of carbonyl (C=O) groups is 1. The first-order valence-electron chi connectivity index (χ1n) is 6.21. The number of aliphatic carboxylic acids is 1. The first kappa shape index (κ1) is 16.5. The third-order valence-corrected chi connectivity index (χ3v) is 2.83. The minimum absolute atomic E-state index is 0.0549. The van der Waals surface area contributed by atoms with Crippen molar-refractivity contribution < 1.29 is 27.8 Å². The molecule has 0 bridgehead atoms. The predicted octanol–water partition coefficient (Wildman–Crippen LogP) is 3.21. The van der Waals surface area contributed by atoms with E-state index in [0.29, 0.717) is 0 Å². The molecule has 0 heterocycles. The van der Waals surface area contributed by atoms with Crippen LogP contribution in [0.5, 0.6) is 0 Å². The number of carboxylic acid groups (broad SMARTS) is 1. The van der Waals surface area contributed by atoms with Gasteiger partial charge in [0.1, 0.15) is 6.61 Å². The molecule has 0 saturated heterocycles. The number of ether oxygens (including phenoxy) is 1. The van der Waals surface area contributed by atoms with Crippen LogP contribution in [0.2, 0.25) is 0 Å². The lowest BCUT2D eigenvalue weighted by molar-refractivity contribution is -0.175. The highest BCUT2D eigenvalue weighted by atomic mass is 19.4. The van der Waals surface area contributed by atoms with Gasteiger partial charge < -0.3 is 9.84 Å². The first-order chi connectivity index (χ1) is 9.28. The van der Waals surface area contributed by atoms with Gasteiger partial charge in [-0.3, -0.25) is 4.79 Å². The second kappa shape index (κ2) is 7.28. The largest absolute Gasteiger partial charge is 0.481 e. The third-order valence-electron chi connectivity index (χ3n) is 2.83. The van der Waals surface area contributed by atoms with Crippen molar-refractivity contribution in [1.82, 2.24) is 0 Å². The van der Waals surface area contributed by atoms with Crippen LogP contribution >= 0.6 is 0 Å². The molecule has 0 aromatic heterocycles. The van der Waals surface area contributed by atoms with Crippen molar-refractivity contribution in [3.8, 4) is 0 Å². The normalized spacial score (nSPS) is 13.2. The van der Waals surface area contributed by atoms with E-state index < -0.39 is 24.7 Å². The zero-order chi connectivity index (χ0) is 15.2. The predicted molar refractivity (Wildman–Crippen MR) is 67.5 cm³/mol. The standard InChI is InChI=1S/C14H17F3O3/c1-10-2-4-11(5-3-10)8-12(13(18)19)6-7-20-9-14(15,16)17/h2-5,12H,6-9H2,1H3,(H,18,19). The summed E-state index contributed by atoms with van der Waals surface area (Å²) in [6.45, 7) is 0.357. The van der Waals surface area contributed by atoms with Crippen molar-refractivity contribution in [2.24, 2.45) is 5.92 Å². The Labute approximate surface area is 115 Å². The molecule has 1 aromatic rings. The number of carboxylic acids is 1. The smallest absolute Gasteiger partial charge is 0.411 e. The van der Waals surface area contributed by atoms with Crippen LogP contribution in [0.25, 0.3) is 0 Å². The summed E-state index contributed by atoms with van der Waals surface area (Å²) in [7, 11) is 0. The zero-order valence-corrected chi connectivity index (χ0v) is 11.1. The topological polar surface area (TPSA) is 46.5 Å². The Balaban J connectivity index is 2.45. The molecule has 0 saturated carbocycles. The molecule has 1 aromatic carbocycles. The summed E-state index contributed by atoms with van der Waals surface area (Å²) < 4.78 is 40.1. The Kier molecular flexibility index (Phi) is 6.01. The highest BCUT2D eigenvalue weighted by Crippen LogP contribution is 2.17. The van der Waals surface area contributed by atoms with E-state index in [9.17, 15) is 18.0 Å². The van der Waals surface area contributed by atoms with E-state index in [4.69, 9.17) is 5.11 Å². The average molecular weight is 290 g/mol. The molecular formula is C14H17F3O3. The van der Waals surface area contributed by atoms with Crippen molar-refractivity contribution in [2.75, 3.05) is 13.2 Å². The molecule has 0 radical (unpaired) electrons. The van der Waals surface area contributed by atoms with E-state index in [1.54, 1.807) is 0 Å². The number of rotatable bonds is 7. The molecule has 3 nitrogen and oxygen atoms in total. The molecule has 1 N–H and O–H groups in total. The SMILES string of the molecule is Cc1ccc(CC(CCOCC(F)(F)F)C(=O)O)cc1. The minimum atomic E-state index is -4.38. The van der Waals surface area contributed by atoms with Crippen molar-refractivity contribution >= 4 is 5.97 Å². The maximum atomic E-state index is 11.9. The van der Waals surface area contributed by atoms with Gasteiger partial charge in [0.15, 0.2) is 0 Å². The zero-order valence-electron chi connectivity index (χ0n) is 11.1. The van der Waals surface area contributed by atoms with Gasteiger partial charge in [0.2, 0.25) is 0 Å². The molecule has 0 spiro atoms. The fourth-order valence-corrected chi connectivity index (χ4v) is 1.74. The summed E-state index contributed by atoms with van der Waals surface area (Å²) in [5.74, 6) is -1.77.